The van der Waals surface area contributed by atoms with Crippen molar-refractivity contribution in [3.05, 3.63) is 4.91 Å². The zero-order valence-electron chi connectivity index (χ0n) is 23.4. The Bertz CT molecular complexity index is 1040. The molecule has 0 aromatic heterocycles. The zero-order chi connectivity index (χ0) is 26.2. The van der Waals surface area contributed by atoms with E-state index in [0.29, 0.717) is 24.5 Å². The van der Waals surface area contributed by atoms with E-state index in [4.69, 9.17) is 9.57 Å². The highest BCUT2D eigenvalue weighted by atomic mass is 16.7. The maximum atomic E-state index is 13.8. The maximum absolute atomic E-state index is 13.8. The van der Waals surface area contributed by atoms with Gasteiger partial charge in [-0.25, -0.2) is 0 Å². The summed E-state index contributed by atoms with van der Waals surface area (Å²) < 4.78 is 6.70. The van der Waals surface area contributed by atoms with Crippen LogP contribution in [0.25, 0.3) is 0 Å². The van der Waals surface area contributed by atoms with Crippen LogP contribution in [0.3, 0.4) is 0 Å². The largest absolute Gasteiger partial charge is 0.454 e. The van der Waals surface area contributed by atoms with Crippen LogP contribution >= 0.6 is 0 Å². The van der Waals surface area contributed by atoms with Gasteiger partial charge in [-0.2, -0.15) is 0 Å². The predicted octanol–water partition coefficient (Wildman–Crippen LogP) is 6.79. The minimum absolute atomic E-state index is 0.0392. The fraction of sp³-hybridized carbons (Fsp3) is 0.933. The molecule has 1 heterocycles. The highest BCUT2D eigenvalue weighted by Gasteiger charge is 2.84. The summed E-state index contributed by atoms with van der Waals surface area (Å²) in [5.74, 6) is 0.930. The standard InChI is InChI=1S/C30H45NO5/c1-24(2)12-14-29-15-13-28(7)27(6)11-8-18-25(3,4)21(32)9-10-26(18,5)19(27)16-22(36-31-34)30(28,20(29)17-24)35-23(29)33/h18-20,22H,8-17H2,1-7H3/t18?,19?,20-,22+,26+,27-,28+,29+,30-/m1/s1. The third-order valence-electron chi connectivity index (χ3n) is 13.9. The molecule has 6 fully saturated rings. The average Bonchev–Trinajstić information content (AvgIpc) is 2.97. The summed E-state index contributed by atoms with van der Waals surface area (Å²) in [7, 11) is 0. The van der Waals surface area contributed by atoms with E-state index in [-0.39, 0.29) is 44.9 Å². The number of ether oxygens (including phenoxy) is 1. The molecular formula is C30H45NO5. The Balaban J connectivity index is 1.53. The van der Waals surface area contributed by atoms with E-state index in [1.807, 2.05) is 0 Å². The van der Waals surface area contributed by atoms with Crippen molar-refractivity contribution >= 4 is 11.8 Å². The smallest absolute Gasteiger partial charge is 0.313 e. The van der Waals surface area contributed by atoms with Crippen molar-refractivity contribution in [3.8, 4) is 0 Å². The number of hydrogen-bond donors (Lipinski definition) is 0. The quantitative estimate of drug-likeness (QED) is 0.237. The summed E-state index contributed by atoms with van der Waals surface area (Å²) in [5.41, 5.74) is -1.98. The third kappa shape index (κ3) is 2.51. The summed E-state index contributed by atoms with van der Waals surface area (Å²) in [5, 5.41) is 3.02. The molecule has 2 bridgehead atoms. The summed E-state index contributed by atoms with van der Waals surface area (Å²) in [6, 6.07) is 0. The van der Waals surface area contributed by atoms with E-state index in [1.165, 1.54) is 0 Å². The van der Waals surface area contributed by atoms with Crippen LogP contribution in [-0.2, 0) is 19.2 Å². The molecule has 6 heteroatoms. The molecule has 1 saturated heterocycles. The summed E-state index contributed by atoms with van der Waals surface area (Å²) >= 11 is 0. The fourth-order valence-corrected chi connectivity index (χ4v) is 11.8. The Morgan fingerprint density at radius 1 is 0.861 bits per heavy atom. The Morgan fingerprint density at radius 2 is 1.56 bits per heavy atom. The van der Waals surface area contributed by atoms with Crippen LogP contribution in [-0.4, -0.2) is 23.5 Å². The maximum Gasteiger partial charge on any atom is 0.313 e. The Morgan fingerprint density at radius 3 is 2.25 bits per heavy atom. The first-order valence-electron chi connectivity index (χ1n) is 14.4. The molecule has 2 unspecified atom stereocenters. The van der Waals surface area contributed by atoms with Gasteiger partial charge in [0.15, 0.2) is 17.0 Å². The SMILES string of the molecule is CC1(C)CC[C@@]23CC[C@]4(C)[C@](OC2=O)([C@@H](ON=O)CC2[C@@]5(C)CCC(=O)C(C)(C)C5CC[C@]24C)[C@@H]3C1. The molecule has 1 spiro atoms. The zero-order valence-corrected chi connectivity index (χ0v) is 23.4. The number of fused-ring (bicyclic) bond motifs is 4. The van der Waals surface area contributed by atoms with E-state index < -0.39 is 17.1 Å². The van der Waals surface area contributed by atoms with Gasteiger partial charge in [0, 0.05) is 23.2 Å². The van der Waals surface area contributed by atoms with Crippen LogP contribution < -0.4 is 0 Å². The molecule has 5 saturated carbocycles. The van der Waals surface area contributed by atoms with Crippen molar-refractivity contribution < 1.29 is 19.2 Å². The van der Waals surface area contributed by atoms with Crippen LogP contribution in [0.5, 0.6) is 0 Å². The fourth-order valence-electron chi connectivity index (χ4n) is 11.8. The van der Waals surface area contributed by atoms with Crippen LogP contribution in [0.2, 0.25) is 0 Å². The normalized spacial score (nSPS) is 54.3. The Labute approximate surface area is 215 Å². The van der Waals surface area contributed by atoms with Gasteiger partial charge >= 0.3 is 5.97 Å². The first-order chi connectivity index (χ1) is 16.6. The monoisotopic (exact) mass is 499 g/mol. The van der Waals surface area contributed by atoms with Crippen molar-refractivity contribution in [3.63, 3.8) is 0 Å². The van der Waals surface area contributed by atoms with E-state index in [9.17, 15) is 14.5 Å². The second-order valence-corrected chi connectivity index (χ2v) is 15.7. The summed E-state index contributed by atoms with van der Waals surface area (Å²) in [6.45, 7) is 16.1. The number of nitrogens with zero attached hydrogens (tertiary/aromatic N) is 1. The van der Waals surface area contributed by atoms with E-state index in [1.54, 1.807) is 0 Å². The highest BCUT2D eigenvalue weighted by Crippen LogP contribution is 2.80. The van der Waals surface area contributed by atoms with Crippen molar-refractivity contribution in [1.82, 2.24) is 0 Å². The number of carbonyl (C=O) groups is 2. The molecule has 0 amide bonds. The lowest BCUT2D eigenvalue weighted by atomic mass is 9.30. The van der Waals surface area contributed by atoms with E-state index in [2.05, 4.69) is 53.8 Å². The number of ketones is 1. The van der Waals surface area contributed by atoms with Gasteiger partial charge in [0.25, 0.3) is 0 Å². The van der Waals surface area contributed by atoms with Gasteiger partial charge in [0.1, 0.15) is 5.78 Å². The number of Topliss-reactive ketones (excluding diaryl/α,β-unsaturated/α-hetero) is 1. The minimum Gasteiger partial charge on any atom is -0.454 e. The van der Waals surface area contributed by atoms with Gasteiger partial charge in [-0.05, 0) is 85.9 Å². The lowest BCUT2D eigenvalue weighted by Crippen LogP contribution is -2.76. The second kappa shape index (κ2) is 6.94. The lowest BCUT2D eigenvalue weighted by molar-refractivity contribution is -0.319. The molecule has 6 nitrogen and oxygen atoms in total. The van der Waals surface area contributed by atoms with E-state index >= 15 is 0 Å². The second-order valence-electron chi connectivity index (χ2n) is 15.7. The summed E-state index contributed by atoms with van der Waals surface area (Å²) in [6.07, 6.45) is 8.19. The summed E-state index contributed by atoms with van der Waals surface area (Å²) in [4.78, 5) is 44.4. The van der Waals surface area contributed by atoms with Crippen LogP contribution in [0.1, 0.15) is 113 Å². The van der Waals surface area contributed by atoms with Crippen molar-refractivity contribution in [2.24, 2.45) is 55.6 Å². The topological polar surface area (TPSA) is 82.0 Å². The molecule has 9 atom stereocenters. The van der Waals surface area contributed by atoms with Gasteiger partial charge in [0.05, 0.1) is 5.41 Å². The average molecular weight is 500 g/mol. The first-order valence-corrected chi connectivity index (χ1v) is 14.4. The molecule has 36 heavy (non-hydrogen) atoms. The molecule has 0 N–H and O–H groups in total. The Hall–Kier alpha value is -1.46. The van der Waals surface area contributed by atoms with Crippen molar-refractivity contribution in [1.29, 1.82) is 0 Å². The van der Waals surface area contributed by atoms with Gasteiger partial charge in [-0.3, -0.25) is 9.59 Å². The first kappa shape index (κ1) is 24.9. The Kier molecular flexibility index (Phi) is 4.79. The van der Waals surface area contributed by atoms with Crippen molar-refractivity contribution in [2.45, 2.75) is 124 Å². The van der Waals surface area contributed by atoms with Crippen molar-refractivity contribution in [2.75, 3.05) is 0 Å². The molecule has 6 rings (SSSR count). The number of esters is 1. The molecule has 0 aromatic rings. The number of rotatable bonds is 2. The number of hydrogen-bond acceptors (Lipinski definition) is 6. The molecule has 200 valence electrons. The molecule has 6 aliphatic rings. The van der Waals surface area contributed by atoms with Gasteiger partial charge in [-0.15, -0.1) is 4.91 Å². The molecule has 1 aliphatic heterocycles. The van der Waals surface area contributed by atoms with Crippen LogP contribution in [0, 0.1) is 55.2 Å². The lowest BCUT2D eigenvalue weighted by Gasteiger charge is -2.74. The van der Waals surface area contributed by atoms with Crippen LogP contribution in [0.4, 0.5) is 0 Å². The van der Waals surface area contributed by atoms with E-state index in [0.717, 1.165) is 51.4 Å². The van der Waals surface area contributed by atoms with Gasteiger partial charge < -0.3 is 9.57 Å². The van der Waals surface area contributed by atoms with Gasteiger partial charge in [0.2, 0.25) is 0 Å². The molecule has 0 aromatic carbocycles. The number of carbonyl (C=O) groups excluding carboxylic acids is 2. The third-order valence-corrected chi connectivity index (χ3v) is 13.9. The highest BCUT2D eigenvalue weighted by molar-refractivity contribution is 5.85. The minimum atomic E-state index is -0.831. The molecule has 0 radical (unpaired) electrons. The molecule has 5 aliphatic carbocycles. The van der Waals surface area contributed by atoms with Gasteiger partial charge in [-0.1, -0.05) is 48.5 Å². The predicted molar refractivity (Wildman–Crippen MR) is 135 cm³/mol. The molecular weight excluding hydrogens is 454 g/mol. The van der Waals surface area contributed by atoms with Crippen LogP contribution in [0.15, 0.2) is 5.34 Å².